The van der Waals surface area contributed by atoms with Crippen LogP contribution in [0.1, 0.15) is 34.8 Å². The second kappa shape index (κ2) is 7.70. The fraction of sp³-hybridized carbons (Fsp3) is 0.300. The van der Waals surface area contributed by atoms with Crippen LogP contribution in [0.25, 0.3) is 0 Å². The average Bonchev–Trinajstić information content (AvgIpc) is 2.96. The molecule has 0 saturated carbocycles. The Morgan fingerprint density at radius 1 is 1.16 bits per heavy atom. The summed E-state index contributed by atoms with van der Waals surface area (Å²) in [4.78, 5) is 26.6. The number of amides is 2. The maximum absolute atomic E-state index is 12.5. The molecule has 2 aromatic carbocycles. The van der Waals surface area contributed by atoms with Crippen LogP contribution in [0.3, 0.4) is 0 Å². The zero-order chi connectivity index (χ0) is 17.8. The van der Waals surface area contributed by atoms with Gasteiger partial charge in [-0.2, -0.15) is 0 Å². The third-order valence-corrected chi connectivity index (χ3v) is 4.88. The van der Waals surface area contributed by atoms with E-state index in [-0.39, 0.29) is 17.9 Å². The third kappa shape index (κ3) is 4.02. The van der Waals surface area contributed by atoms with Crippen LogP contribution in [0.4, 0.5) is 0 Å². The van der Waals surface area contributed by atoms with Crippen LogP contribution in [0.15, 0.2) is 48.5 Å². The first kappa shape index (κ1) is 17.5. The van der Waals surface area contributed by atoms with Crippen molar-refractivity contribution >= 4 is 23.4 Å². The van der Waals surface area contributed by atoms with Gasteiger partial charge in [-0.15, -0.1) is 0 Å². The fourth-order valence-corrected chi connectivity index (χ4v) is 3.36. The molecular formula is C20H21ClN2O2. The van der Waals surface area contributed by atoms with Gasteiger partial charge in [0.2, 0.25) is 5.91 Å². The molecule has 1 aliphatic heterocycles. The number of nitrogens with one attached hydrogen (secondary N) is 1. The standard InChI is InChI=1S/C20H21ClN2O2/c1-2-14-7-3-5-9-17(14)20(25)22-16-11-19(24)23(13-16)12-15-8-4-6-10-18(15)21/h3-10,16H,2,11-13H2,1H3,(H,22,25)/t16-/m0/s1. The highest BCUT2D eigenvalue weighted by molar-refractivity contribution is 6.31. The van der Waals surface area contributed by atoms with Crippen molar-refractivity contribution in [3.63, 3.8) is 0 Å². The molecule has 0 unspecified atom stereocenters. The lowest BCUT2D eigenvalue weighted by atomic mass is 10.0. The number of nitrogens with zero attached hydrogens (tertiary/aromatic N) is 1. The van der Waals surface area contributed by atoms with Gasteiger partial charge >= 0.3 is 0 Å². The van der Waals surface area contributed by atoms with E-state index in [9.17, 15) is 9.59 Å². The van der Waals surface area contributed by atoms with Gasteiger partial charge in [0.15, 0.2) is 0 Å². The first-order chi connectivity index (χ1) is 12.1. The molecule has 1 atom stereocenters. The third-order valence-electron chi connectivity index (χ3n) is 4.51. The second-order valence-electron chi connectivity index (χ2n) is 6.25. The summed E-state index contributed by atoms with van der Waals surface area (Å²) in [6.07, 6.45) is 1.12. The minimum Gasteiger partial charge on any atom is -0.347 e. The summed E-state index contributed by atoms with van der Waals surface area (Å²) in [5, 5.41) is 3.65. The van der Waals surface area contributed by atoms with Crippen LogP contribution in [0, 0.1) is 0 Å². The summed E-state index contributed by atoms with van der Waals surface area (Å²) in [5.74, 6) is -0.0798. The molecule has 1 saturated heterocycles. The number of likely N-dealkylation sites (tertiary alicyclic amines) is 1. The number of carbonyl (C=O) groups is 2. The molecular weight excluding hydrogens is 336 g/mol. The number of rotatable bonds is 5. The van der Waals surface area contributed by atoms with Crippen LogP contribution < -0.4 is 5.32 Å². The predicted molar refractivity (Wildman–Crippen MR) is 98.6 cm³/mol. The van der Waals surface area contributed by atoms with Crippen LogP contribution in [-0.2, 0) is 17.8 Å². The zero-order valence-electron chi connectivity index (χ0n) is 14.2. The summed E-state index contributed by atoms with van der Waals surface area (Å²) >= 11 is 6.18. The summed E-state index contributed by atoms with van der Waals surface area (Å²) < 4.78 is 0. The monoisotopic (exact) mass is 356 g/mol. The fourth-order valence-electron chi connectivity index (χ4n) is 3.17. The van der Waals surface area contributed by atoms with Crippen molar-refractivity contribution in [1.29, 1.82) is 0 Å². The van der Waals surface area contributed by atoms with Crippen molar-refractivity contribution in [3.8, 4) is 0 Å². The Morgan fingerprint density at radius 2 is 1.84 bits per heavy atom. The molecule has 0 aromatic heterocycles. The first-order valence-electron chi connectivity index (χ1n) is 8.48. The number of benzene rings is 2. The molecule has 4 nitrogen and oxygen atoms in total. The topological polar surface area (TPSA) is 49.4 Å². The largest absolute Gasteiger partial charge is 0.347 e. The quantitative estimate of drug-likeness (QED) is 0.892. The number of halogens is 1. The first-order valence-corrected chi connectivity index (χ1v) is 8.86. The van der Waals surface area contributed by atoms with Crippen molar-refractivity contribution in [1.82, 2.24) is 10.2 Å². The van der Waals surface area contributed by atoms with Gasteiger partial charge in [-0.05, 0) is 29.7 Å². The van der Waals surface area contributed by atoms with E-state index in [0.29, 0.717) is 30.1 Å². The van der Waals surface area contributed by atoms with Crippen LogP contribution in [0.2, 0.25) is 5.02 Å². The van der Waals surface area contributed by atoms with E-state index in [2.05, 4.69) is 5.32 Å². The molecule has 2 aromatic rings. The number of hydrogen-bond donors (Lipinski definition) is 1. The van der Waals surface area contributed by atoms with Crippen LogP contribution >= 0.6 is 11.6 Å². The zero-order valence-corrected chi connectivity index (χ0v) is 14.9. The van der Waals surface area contributed by atoms with E-state index in [4.69, 9.17) is 11.6 Å². The molecule has 5 heteroatoms. The Kier molecular flexibility index (Phi) is 5.39. The molecule has 1 aliphatic rings. The molecule has 2 amide bonds. The molecule has 0 radical (unpaired) electrons. The van der Waals surface area contributed by atoms with E-state index in [1.54, 1.807) is 4.90 Å². The lowest BCUT2D eigenvalue weighted by Crippen LogP contribution is -2.37. The molecule has 3 rings (SSSR count). The Bertz CT molecular complexity index is 791. The van der Waals surface area contributed by atoms with Gasteiger partial charge in [0, 0.05) is 30.1 Å². The SMILES string of the molecule is CCc1ccccc1C(=O)N[C@H]1CC(=O)N(Cc2ccccc2Cl)C1. The lowest BCUT2D eigenvalue weighted by Gasteiger charge is -2.18. The van der Waals surface area contributed by atoms with Crippen molar-refractivity contribution in [3.05, 3.63) is 70.2 Å². The Morgan fingerprint density at radius 3 is 2.56 bits per heavy atom. The van der Waals surface area contributed by atoms with Gasteiger partial charge in [0.25, 0.3) is 5.91 Å². The maximum Gasteiger partial charge on any atom is 0.251 e. The molecule has 1 N–H and O–H groups in total. The normalized spacial score (nSPS) is 17.0. The number of carbonyl (C=O) groups excluding carboxylic acids is 2. The predicted octanol–water partition coefficient (Wildman–Crippen LogP) is 3.43. The van der Waals surface area contributed by atoms with Gasteiger partial charge < -0.3 is 10.2 Å². The van der Waals surface area contributed by atoms with E-state index < -0.39 is 0 Å². The van der Waals surface area contributed by atoms with Crippen molar-refractivity contribution < 1.29 is 9.59 Å². The van der Waals surface area contributed by atoms with Gasteiger partial charge in [0.1, 0.15) is 0 Å². The summed E-state index contributed by atoms with van der Waals surface area (Å²) in [5.41, 5.74) is 2.61. The van der Waals surface area contributed by atoms with Crippen molar-refractivity contribution in [2.24, 2.45) is 0 Å². The Labute approximate surface area is 152 Å². The molecule has 0 bridgehead atoms. The van der Waals surface area contributed by atoms with E-state index in [1.165, 1.54) is 0 Å². The maximum atomic E-state index is 12.5. The Hall–Kier alpha value is -2.33. The summed E-state index contributed by atoms with van der Waals surface area (Å²) in [6, 6.07) is 14.9. The molecule has 0 spiro atoms. The number of hydrogen-bond acceptors (Lipinski definition) is 2. The van der Waals surface area contributed by atoms with E-state index in [1.807, 2.05) is 55.5 Å². The highest BCUT2D eigenvalue weighted by Gasteiger charge is 2.31. The van der Waals surface area contributed by atoms with Gasteiger partial charge in [0.05, 0.1) is 6.04 Å². The summed E-state index contributed by atoms with van der Waals surface area (Å²) in [7, 11) is 0. The average molecular weight is 357 g/mol. The van der Waals surface area contributed by atoms with E-state index in [0.717, 1.165) is 17.5 Å². The van der Waals surface area contributed by atoms with Crippen molar-refractivity contribution in [2.75, 3.05) is 6.54 Å². The van der Waals surface area contributed by atoms with Crippen molar-refractivity contribution in [2.45, 2.75) is 32.4 Å². The Balaban J connectivity index is 1.65. The highest BCUT2D eigenvalue weighted by atomic mass is 35.5. The van der Waals surface area contributed by atoms with Gasteiger partial charge in [-0.25, -0.2) is 0 Å². The lowest BCUT2D eigenvalue weighted by molar-refractivity contribution is -0.128. The summed E-state index contributed by atoms with van der Waals surface area (Å²) in [6.45, 7) is 3.00. The van der Waals surface area contributed by atoms with Gasteiger partial charge in [-0.3, -0.25) is 9.59 Å². The molecule has 25 heavy (non-hydrogen) atoms. The second-order valence-corrected chi connectivity index (χ2v) is 6.66. The van der Waals surface area contributed by atoms with Gasteiger partial charge in [-0.1, -0.05) is 54.9 Å². The molecule has 1 fully saturated rings. The van der Waals surface area contributed by atoms with E-state index >= 15 is 0 Å². The number of aryl methyl sites for hydroxylation is 1. The van der Waals surface area contributed by atoms with Crippen LogP contribution in [-0.4, -0.2) is 29.3 Å². The molecule has 1 heterocycles. The minimum atomic E-state index is -0.174. The molecule has 0 aliphatic carbocycles. The highest BCUT2D eigenvalue weighted by Crippen LogP contribution is 2.21. The smallest absolute Gasteiger partial charge is 0.251 e. The molecule has 130 valence electrons. The minimum absolute atomic E-state index is 0.0361. The van der Waals surface area contributed by atoms with Crippen LogP contribution in [0.5, 0.6) is 0 Å².